The van der Waals surface area contributed by atoms with E-state index in [0.29, 0.717) is 0 Å². The molecule has 0 aromatic rings. The lowest BCUT2D eigenvalue weighted by molar-refractivity contribution is -0.148. The molecule has 98 valence electrons. The first-order chi connectivity index (χ1) is 7.97. The third-order valence-electron chi connectivity index (χ3n) is 1.87. The minimum atomic E-state index is -1.21. The van der Waals surface area contributed by atoms with Gasteiger partial charge in [0.25, 0.3) is 0 Å². The first kappa shape index (κ1) is 15.8. The van der Waals surface area contributed by atoms with Gasteiger partial charge < -0.3 is 15.1 Å². The monoisotopic (exact) mass is 263 g/mol. The predicted octanol–water partition coefficient (Wildman–Crippen LogP) is 0.518. The Labute approximate surface area is 104 Å². The van der Waals surface area contributed by atoms with E-state index in [2.05, 4.69) is 0 Å². The molecule has 0 fully saturated rings. The van der Waals surface area contributed by atoms with Crippen molar-refractivity contribution in [2.45, 2.75) is 19.8 Å². The van der Waals surface area contributed by atoms with Crippen LogP contribution in [0.5, 0.6) is 0 Å². The van der Waals surface area contributed by atoms with Crippen LogP contribution in [0.1, 0.15) is 19.8 Å². The molecule has 0 unspecified atom stereocenters. The largest absolute Gasteiger partial charge is 0.480 e. The summed E-state index contributed by atoms with van der Waals surface area (Å²) in [4.78, 5) is 33.3. The third-order valence-corrected chi connectivity index (χ3v) is 2.90. The zero-order valence-corrected chi connectivity index (χ0v) is 10.5. The maximum atomic E-state index is 11.6. The number of amides is 1. The standard InChI is InChI=1S/C10H17NO5S/c1-2-3-4-17-7-8(12)11(5-9(13)14)6-10(15)16/h2-7H2,1H3,(H,13,14)(H,15,16). The summed E-state index contributed by atoms with van der Waals surface area (Å²) in [6.07, 6.45) is 2.00. The second kappa shape index (κ2) is 8.86. The van der Waals surface area contributed by atoms with Gasteiger partial charge in [-0.3, -0.25) is 14.4 Å². The van der Waals surface area contributed by atoms with Gasteiger partial charge in [0.05, 0.1) is 5.75 Å². The van der Waals surface area contributed by atoms with Crippen LogP contribution in [0.25, 0.3) is 0 Å². The van der Waals surface area contributed by atoms with Gasteiger partial charge >= 0.3 is 11.9 Å². The van der Waals surface area contributed by atoms with Crippen molar-refractivity contribution < 1.29 is 24.6 Å². The third kappa shape index (κ3) is 8.56. The number of carbonyl (C=O) groups is 3. The van der Waals surface area contributed by atoms with Crippen molar-refractivity contribution in [1.29, 1.82) is 0 Å². The number of carbonyl (C=O) groups excluding carboxylic acids is 1. The second-order valence-electron chi connectivity index (χ2n) is 3.44. The lowest BCUT2D eigenvalue weighted by atomic mass is 10.4. The van der Waals surface area contributed by atoms with Crippen molar-refractivity contribution in [3.8, 4) is 0 Å². The highest BCUT2D eigenvalue weighted by atomic mass is 32.2. The molecule has 0 aliphatic rings. The highest BCUT2D eigenvalue weighted by molar-refractivity contribution is 7.99. The summed E-state index contributed by atoms with van der Waals surface area (Å²) in [5, 5.41) is 17.1. The van der Waals surface area contributed by atoms with E-state index < -0.39 is 30.9 Å². The maximum Gasteiger partial charge on any atom is 0.323 e. The highest BCUT2D eigenvalue weighted by Gasteiger charge is 2.19. The van der Waals surface area contributed by atoms with Crippen LogP contribution in [0.3, 0.4) is 0 Å². The van der Waals surface area contributed by atoms with E-state index in [-0.39, 0.29) is 5.75 Å². The fraction of sp³-hybridized carbons (Fsp3) is 0.700. The van der Waals surface area contributed by atoms with Crippen molar-refractivity contribution in [3.63, 3.8) is 0 Å². The normalized spacial score (nSPS) is 9.94. The molecule has 6 nitrogen and oxygen atoms in total. The number of thioether (sulfide) groups is 1. The first-order valence-electron chi connectivity index (χ1n) is 5.26. The van der Waals surface area contributed by atoms with Crippen LogP contribution in [-0.2, 0) is 14.4 Å². The van der Waals surface area contributed by atoms with Crippen LogP contribution in [0.15, 0.2) is 0 Å². The number of carboxylic acids is 2. The fourth-order valence-corrected chi connectivity index (χ4v) is 2.05. The predicted molar refractivity (Wildman–Crippen MR) is 64.1 cm³/mol. The Bertz CT molecular complexity index is 266. The molecule has 0 aliphatic carbocycles. The molecular formula is C10H17NO5S. The van der Waals surface area contributed by atoms with Gasteiger partial charge in [-0.05, 0) is 12.2 Å². The van der Waals surface area contributed by atoms with Gasteiger partial charge in [0.2, 0.25) is 5.91 Å². The Morgan fingerprint density at radius 2 is 1.65 bits per heavy atom. The molecule has 0 heterocycles. The fourth-order valence-electron chi connectivity index (χ4n) is 1.06. The summed E-state index contributed by atoms with van der Waals surface area (Å²) < 4.78 is 0. The topological polar surface area (TPSA) is 94.9 Å². The van der Waals surface area contributed by atoms with Gasteiger partial charge in [0.1, 0.15) is 13.1 Å². The molecule has 1 amide bonds. The maximum absolute atomic E-state index is 11.6. The van der Waals surface area contributed by atoms with Gasteiger partial charge in [-0.25, -0.2) is 0 Å². The molecule has 0 bridgehead atoms. The molecule has 0 saturated carbocycles. The molecule has 0 rings (SSSR count). The molecule has 7 heteroatoms. The molecule has 2 N–H and O–H groups in total. The molecule has 0 aromatic carbocycles. The van der Waals surface area contributed by atoms with E-state index >= 15 is 0 Å². The average Bonchev–Trinajstić information content (AvgIpc) is 2.22. The van der Waals surface area contributed by atoms with Gasteiger partial charge in [0, 0.05) is 0 Å². The Morgan fingerprint density at radius 1 is 1.12 bits per heavy atom. The smallest absolute Gasteiger partial charge is 0.323 e. The summed E-state index contributed by atoms with van der Waals surface area (Å²) in [5.41, 5.74) is 0. The molecule has 0 spiro atoms. The van der Waals surface area contributed by atoms with Crippen molar-refractivity contribution in [1.82, 2.24) is 4.90 Å². The molecule has 0 saturated heterocycles. The number of hydrogen-bond acceptors (Lipinski definition) is 4. The van der Waals surface area contributed by atoms with Crippen molar-refractivity contribution >= 4 is 29.6 Å². The lowest BCUT2D eigenvalue weighted by Crippen LogP contribution is -2.40. The Kier molecular flexibility index (Phi) is 8.21. The summed E-state index contributed by atoms with van der Waals surface area (Å²) in [5.74, 6) is -1.93. The van der Waals surface area contributed by atoms with Crippen molar-refractivity contribution in [2.24, 2.45) is 0 Å². The number of hydrogen-bond donors (Lipinski definition) is 2. The van der Waals surface area contributed by atoms with Crippen LogP contribution in [-0.4, -0.2) is 57.6 Å². The van der Waals surface area contributed by atoms with Gasteiger partial charge in [-0.15, -0.1) is 0 Å². The summed E-state index contributed by atoms with van der Waals surface area (Å²) in [6.45, 7) is 0.891. The van der Waals surface area contributed by atoms with E-state index in [1.807, 2.05) is 6.92 Å². The van der Waals surface area contributed by atoms with Gasteiger partial charge in [-0.1, -0.05) is 13.3 Å². The van der Waals surface area contributed by atoms with E-state index in [4.69, 9.17) is 10.2 Å². The SMILES string of the molecule is CCCCSCC(=O)N(CC(=O)O)CC(=O)O. The van der Waals surface area contributed by atoms with Gasteiger partial charge in [0.15, 0.2) is 0 Å². The van der Waals surface area contributed by atoms with Crippen LogP contribution in [0, 0.1) is 0 Å². The number of aliphatic carboxylic acids is 2. The Morgan fingerprint density at radius 3 is 2.06 bits per heavy atom. The van der Waals surface area contributed by atoms with Crippen LogP contribution in [0.4, 0.5) is 0 Å². The van der Waals surface area contributed by atoms with Crippen LogP contribution >= 0.6 is 11.8 Å². The number of rotatable bonds is 9. The quantitative estimate of drug-likeness (QED) is 0.589. The minimum absolute atomic E-state index is 0.126. The van der Waals surface area contributed by atoms with E-state index in [1.165, 1.54) is 11.8 Å². The minimum Gasteiger partial charge on any atom is -0.480 e. The first-order valence-corrected chi connectivity index (χ1v) is 6.42. The zero-order chi connectivity index (χ0) is 13.3. The second-order valence-corrected chi connectivity index (χ2v) is 4.55. The number of unbranched alkanes of at least 4 members (excludes halogenated alkanes) is 1. The van der Waals surface area contributed by atoms with Crippen LogP contribution < -0.4 is 0 Å². The Balaban J connectivity index is 4.12. The Hall–Kier alpha value is -1.24. The molecular weight excluding hydrogens is 246 g/mol. The lowest BCUT2D eigenvalue weighted by Gasteiger charge is -2.18. The highest BCUT2D eigenvalue weighted by Crippen LogP contribution is 2.06. The summed E-state index contributed by atoms with van der Waals surface area (Å²) >= 11 is 1.39. The van der Waals surface area contributed by atoms with E-state index in [1.54, 1.807) is 0 Å². The number of carboxylic acid groups (broad SMARTS) is 2. The van der Waals surface area contributed by atoms with E-state index in [9.17, 15) is 14.4 Å². The summed E-state index contributed by atoms with van der Waals surface area (Å²) in [7, 11) is 0. The molecule has 17 heavy (non-hydrogen) atoms. The molecule has 0 aliphatic heterocycles. The van der Waals surface area contributed by atoms with Gasteiger partial charge in [-0.2, -0.15) is 11.8 Å². The molecule has 0 radical (unpaired) electrons. The number of nitrogens with zero attached hydrogens (tertiary/aromatic N) is 1. The van der Waals surface area contributed by atoms with Crippen molar-refractivity contribution in [3.05, 3.63) is 0 Å². The molecule has 0 aromatic heterocycles. The zero-order valence-electron chi connectivity index (χ0n) is 9.72. The molecule has 0 atom stereocenters. The van der Waals surface area contributed by atoms with E-state index in [0.717, 1.165) is 23.5 Å². The van der Waals surface area contributed by atoms with Crippen molar-refractivity contribution in [2.75, 3.05) is 24.6 Å². The summed E-state index contributed by atoms with van der Waals surface area (Å²) in [6, 6.07) is 0. The van der Waals surface area contributed by atoms with Crippen LogP contribution in [0.2, 0.25) is 0 Å². The average molecular weight is 263 g/mol.